The van der Waals surface area contributed by atoms with Crippen molar-refractivity contribution in [3.63, 3.8) is 0 Å². The minimum atomic E-state index is 0.263. The molecule has 2 aromatic rings. The van der Waals surface area contributed by atoms with Crippen LogP contribution in [0.5, 0.6) is 5.75 Å². The lowest BCUT2D eigenvalue weighted by Crippen LogP contribution is -2.07. The van der Waals surface area contributed by atoms with E-state index >= 15 is 0 Å². The molecule has 0 aliphatic carbocycles. The molecular formula is C15H20ClN3O. The summed E-state index contributed by atoms with van der Waals surface area (Å²) in [5, 5.41) is 11.4. The summed E-state index contributed by atoms with van der Waals surface area (Å²) < 4.78 is 5.84. The van der Waals surface area contributed by atoms with Gasteiger partial charge in [-0.15, -0.1) is 0 Å². The van der Waals surface area contributed by atoms with Gasteiger partial charge in [-0.2, -0.15) is 15.4 Å². The summed E-state index contributed by atoms with van der Waals surface area (Å²) in [5.74, 6) is 1.21. The molecule has 0 aliphatic rings. The van der Waals surface area contributed by atoms with Crippen LogP contribution in [0.4, 0.5) is 0 Å². The topological polar surface area (TPSA) is 50.8 Å². The summed E-state index contributed by atoms with van der Waals surface area (Å²) in [6.45, 7) is 8.87. The molecule has 0 bridgehead atoms. The van der Waals surface area contributed by atoms with Gasteiger partial charge in [0.25, 0.3) is 0 Å². The molecule has 5 heteroatoms. The molecule has 1 aromatic heterocycles. The first kappa shape index (κ1) is 14.9. The normalized spacial score (nSPS) is 12.4. The standard InChI is InChI=1S/C15H20ClN3O/c1-5-20-15-10(3)7-13(16)11(4)14(15)9(2)6-12-8-17-19-18-12/h7-9H,5-6H2,1-4H3,(H,17,18,19). The Kier molecular flexibility index (Phi) is 4.65. The Morgan fingerprint density at radius 3 is 2.75 bits per heavy atom. The van der Waals surface area contributed by atoms with E-state index in [0.29, 0.717) is 6.61 Å². The van der Waals surface area contributed by atoms with Gasteiger partial charge < -0.3 is 4.74 Å². The maximum absolute atomic E-state index is 6.33. The molecule has 1 aromatic carbocycles. The fraction of sp³-hybridized carbons (Fsp3) is 0.467. The summed E-state index contributed by atoms with van der Waals surface area (Å²) in [6.07, 6.45) is 2.56. The average Bonchev–Trinajstić information content (AvgIpc) is 2.89. The Bertz CT molecular complexity index is 581. The number of nitrogens with one attached hydrogen (secondary N) is 1. The van der Waals surface area contributed by atoms with Crippen molar-refractivity contribution in [3.8, 4) is 5.75 Å². The van der Waals surface area contributed by atoms with Gasteiger partial charge in [-0.3, -0.25) is 0 Å². The van der Waals surface area contributed by atoms with Gasteiger partial charge in [0.15, 0.2) is 0 Å². The molecule has 2 rings (SSSR count). The van der Waals surface area contributed by atoms with E-state index in [4.69, 9.17) is 16.3 Å². The van der Waals surface area contributed by atoms with E-state index in [1.54, 1.807) is 6.20 Å². The Hall–Kier alpha value is -1.55. The average molecular weight is 294 g/mol. The number of benzene rings is 1. The van der Waals surface area contributed by atoms with Crippen LogP contribution in [0.25, 0.3) is 0 Å². The molecule has 0 fully saturated rings. The third kappa shape index (κ3) is 2.96. The van der Waals surface area contributed by atoms with Crippen molar-refractivity contribution in [1.82, 2.24) is 15.4 Å². The van der Waals surface area contributed by atoms with E-state index < -0.39 is 0 Å². The molecule has 0 amide bonds. The maximum Gasteiger partial charge on any atom is 0.126 e. The molecule has 20 heavy (non-hydrogen) atoms. The first-order valence-electron chi connectivity index (χ1n) is 6.81. The minimum Gasteiger partial charge on any atom is -0.493 e. The summed E-state index contributed by atoms with van der Waals surface area (Å²) in [7, 11) is 0. The lowest BCUT2D eigenvalue weighted by Gasteiger charge is -2.21. The Morgan fingerprint density at radius 1 is 1.40 bits per heavy atom. The van der Waals surface area contributed by atoms with Crippen LogP contribution in [0, 0.1) is 13.8 Å². The van der Waals surface area contributed by atoms with Crippen LogP contribution in [0.3, 0.4) is 0 Å². The number of aryl methyl sites for hydroxylation is 1. The molecule has 1 heterocycles. The van der Waals surface area contributed by atoms with Gasteiger partial charge in [-0.05, 0) is 50.3 Å². The van der Waals surface area contributed by atoms with Gasteiger partial charge in [0, 0.05) is 10.6 Å². The zero-order valence-electron chi connectivity index (χ0n) is 12.3. The SMILES string of the molecule is CCOc1c(C)cc(Cl)c(C)c1C(C)Cc1cn[nH]n1. The fourth-order valence-corrected chi connectivity index (χ4v) is 2.81. The van der Waals surface area contributed by atoms with Crippen molar-refractivity contribution in [2.75, 3.05) is 6.61 Å². The van der Waals surface area contributed by atoms with Gasteiger partial charge in [0.1, 0.15) is 5.75 Å². The third-order valence-corrected chi connectivity index (χ3v) is 3.86. The first-order chi connectivity index (χ1) is 9.54. The molecule has 0 spiro atoms. The van der Waals surface area contributed by atoms with Crippen molar-refractivity contribution in [1.29, 1.82) is 0 Å². The summed E-state index contributed by atoms with van der Waals surface area (Å²) in [4.78, 5) is 0. The van der Waals surface area contributed by atoms with E-state index in [0.717, 1.165) is 34.0 Å². The second kappa shape index (κ2) is 6.27. The van der Waals surface area contributed by atoms with E-state index in [-0.39, 0.29) is 5.92 Å². The molecule has 0 saturated carbocycles. The zero-order valence-corrected chi connectivity index (χ0v) is 13.1. The number of halogens is 1. The van der Waals surface area contributed by atoms with Crippen LogP contribution in [0.2, 0.25) is 5.02 Å². The molecule has 1 N–H and O–H groups in total. The molecule has 4 nitrogen and oxygen atoms in total. The molecule has 0 saturated heterocycles. The Labute approximate surface area is 124 Å². The number of rotatable bonds is 5. The fourth-order valence-electron chi connectivity index (χ4n) is 2.54. The lowest BCUT2D eigenvalue weighted by atomic mass is 9.90. The number of hydrogen-bond donors (Lipinski definition) is 1. The highest BCUT2D eigenvalue weighted by atomic mass is 35.5. The van der Waals surface area contributed by atoms with Gasteiger partial charge >= 0.3 is 0 Å². The molecule has 1 unspecified atom stereocenters. The zero-order chi connectivity index (χ0) is 14.7. The van der Waals surface area contributed by atoms with E-state index in [1.165, 1.54) is 5.56 Å². The quantitative estimate of drug-likeness (QED) is 0.912. The number of nitrogens with zero attached hydrogens (tertiary/aromatic N) is 2. The number of ether oxygens (including phenoxy) is 1. The van der Waals surface area contributed by atoms with Crippen molar-refractivity contribution in [3.05, 3.63) is 39.7 Å². The van der Waals surface area contributed by atoms with Crippen molar-refractivity contribution < 1.29 is 4.74 Å². The molecule has 108 valence electrons. The van der Waals surface area contributed by atoms with Crippen molar-refractivity contribution in [2.45, 2.75) is 40.0 Å². The van der Waals surface area contributed by atoms with E-state index in [9.17, 15) is 0 Å². The monoisotopic (exact) mass is 293 g/mol. The van der Waals surface area contributed by atoms with Crippen LogP contribution in [0.15, 0.2) is 12.3 Å². The van der Waals surface area contributed by atoms with Gasteiger partial charge in [-0.25, -0.2) is 0 Å². The van der Waals surface area contributed by atoms with Gasteiger partial charge in [-0.1, -0.05) is 18.5 Å². The number of aromatic nitrogens is 3. The molecule has 1 atom stereocenters. The highest BCUT2D eigenvalue weighted by molar-refractivity contribution is 6.31. The predicted molar refractivity (Wildman–Crippen MR) is 80.6 cm³/mol. The molecule has 0 radical (unpaired) electrons. The number of H-pyrrole nitrogens is 1. The number of aromatic amines is 1. The van der Waals surface area contributed by atoms with Crippen LogP contribution in [-0.4, -0.2) is 22.0 Å². The second-order valence-electron chi connectivity index (χ2n) is 5.04. The Morgan fingerprint density at radius 2 is 2.15 bits per heavy atom. The van der Waals surface area contributed by atoms with Gasteiger partial charge in [0.05, 0.1) is 18.5 Å². The van der Waals surface area contributed by atoms with Crippen LogP contribution >= 0.6 is 11.6 Å². The lowest BCUT2D eigenvalue weighted by molar-refractivity contribution is 0.331. The smallest absolute Gasteiger partial charge is 0.126 e. The van der Waals surface area contributed by atoms with Gasteiger partial charge in [0.2, 0.25) is 0 Å². The minimum absolute atomic E-state index is 0.263. The highest BCUT2D eigenvalue weighted by Crippen LogP contribution is 2.38. The molecule has 0 aliphatic heterocycles. The summed E-state index contributed by atoms with van der Waals surface area (Å²) >= 11 is 6.33. The second-order valence-corrected chi connectivity index (χ2v) is 5.45. The third-order valence-electron chi connectivity index (χ3n) is 3.47. The van der Waals surface area contributed by atoms with Crippen molar-refractivity contribution >= 4 is 11.6 Å². The van der Waals surface area contributed by atoms with E-state index in [1.807, 2.05) is 26.8 Å². The maximum atomic E-state index is 6.33. The highest BCUT2D eigenvalue weighted by Gasteiger charge is 2.20. The Balaban J connectivity index is 2.42. The van der Waals surface area contributed by atoms with Crippen LogP contribution in [-0.2, 0) is 6.42 Å². The van der Waals surface area contributed by atoms with Crippen LogP contribution in [0.1, 0.15) is 42.1 Å². The van der Waals surface area contributed by atoms with E-state index in [2.05, 4.69) is 22.3 Å². The van der Waals surface area contributed by atoms with Crippen molar-refractivity contribution in [2.24, 2.45) is 0 Å². The summed E-state index contributed by atoms with van der Waals surface area (Å²) in [6, 6.07) is 1.97. The predicted octanol–water partition coefficient (Wildman–Crippen LogP) is 3.82. The van der Waals surface area contributed by atoms with Crippen LogP contribution < -0.4 is 4.74 Å². The number of hydrogen-bond acceptors (Lipinski definition) is 3. The largest absolute Gasteiger partial charge is 0.493 e. The molecular weight excluding hydrogens is 274 g/mol. The summed E-state index contributed by atoms with van der Waals surface area (Å²) in [5.41, 5.74) is 4.26. The first-order valence-corrected chi connectivity index (χ1v) is 7.19.